The minimum absolute atomic E-state index is 0.0757. The van der Waals surface area contributed by atoms with Gasteiger partial charge in [-0.05, 0) is 45.4 Å². The molecule has 2 aromatic heterocycles. The van der Waals surface area contributed by atoms with Crippen molar-refractivity contribution in [3.63, 3.8) is 0 Å². The van der Waals surface area contributed by atoms with Crippen LogP contribution in [0.1, 0.15) is 32.9 Å². The van der Waals surface area contributed by atoms with Crippen LogP contribution in [0.5, 0.6) is 0 Å². The molecule has 0 saturated heterocycles. The fourth-order valence-electron chi connectivity index (χ4n) is 3.24. The van der Waals surface area contributed by atoms with E-state index in [-0.39, 0.29) is 16.6 Å². The van der Waals surface area contributed by atoms with Crippen molar-refractivity contribution < 1.29 is 4.79 Å². The van der Waals surface area contributed by atoms with Crippen LogP contribution >= 0.6 is 23.4 Å². The van der Waals surface area contributed by atoms with Gasteiger partial charge in [0, 0.05) is 23.8 Å². The Hall–Kier alpha value is -2.32. The summed E-state index contributed by atoms with van der Waals surface area (Å²) in [5, 5.41) is 17.4. The van der Waals surface area contributed by atoms with Gasteiger partial charge in [-0.15, -0.1) is 0 Å². The molecule has 1 unspecified atom stereocenters. The number of nitrogens with zero attached hydrogens (tertiary/aromatic N) is 4. The number of fused-ring (bicyclic) bond motifs is 1. The number of hydrogen-bond acceptors (Lipinski definition) is 5. The van der Waals surface area contributed by atoms with E-state index in [2.05, 4.69) is 10.2 Å². The third kappa shape index (κ3) is 4.18. The average Bonchev–Trinajstić information content (AvgIpc) is 3.07. The van der Waals surface area contributed by atoms with Crippen LogP contribution in [0.2, 0.25) is 5.02 Å². The number of amides is 1. The van der Waals surface area contributed by atoms with Gasteiger partial charge in [-0.25, -0.2) is 4.98 Å². The van der Waals surface area contributed by atoms with Gasteiger partial charge in [-0.3, -0.25) is 19.9 Å². The number of benzene rings is 1. The molecular weight excluding hydrogens is 408 g/mol. The van der Waals surface area contributed by atoms with Crippen LogP contribution in [-0.2, 0) is 4.79 Å². The fraction of sp³-hybridized carbons (Fsp3) is 0.400. The largest absolute Gasteiger partial charge is 0.342 e. The maximum absolute atomic E-state index is 13.0. The summed E-state index contributed by atoms with van der Waals surface area (Å²) >= 11 is 7.57. The number of carbonyl (C=O) groups excluding carboxylic acids is 1. The van der Waals surface area contributed by atoms with E-state index in [4.69, 9.17) is 22.0 Å². The molecule has 2 N–H and O–H groups in total. The van der Waals surface area contributed by atoms with Crippen molar-refractivity contribution >= 4 is 40.3 Å². The van der Waals surface area contributed by atoms with E-state index in [1.54, 1.807) is 16.7 Å². The Morgan fingerprint density at radius 1 is 1.34 bits per heavy atom. The zero-order valence-electron chi connectivity index (χ0n) is 17.0. The highest BCUT2D eigenvalue weighted by Crippen LogP contribution is 2.28. The molecule has 9 heteroatoms. The summed E-state index contributed by atoms with van der Waals surface area (Å²) in [6.07, 6.45) is 0.655. The normalized spacial score (nSPS) is 12.3. The predicted molar refractivity (Wildman–Crippen MR) is 117 cm³/mol. The molecule has 3 rings (SSSR count). The van der Waals surface area contributed by atoms with Crippen molar-refractivity contribution in [2.24, 2.45) is 0 Å². The van der Waals surface area contributed by atoms with Gasteiger partial charge in [0.15, 0.2) is 10.8 Å². The molecular formula is C20H25ClN6OS. The third-order valence-electron chi connectivity index (χ3n) is 4.82. The second-order valence-electron chi connectivity index (χ2n) is 6.63. The van der Waals surface area contributed by atoms with Gasteiger partial charge in [0.1, 0.15) is 5.49 Å². The molecule has 1 atom stereocenters. The van der Waals surface area contributed by atoms with Gasteiger partial charge < -0.3 is 4.90 Å². The summed E-state index contributed by atoms with van der Waals surface area (Å²) in [4.78, 5) is 19.5. The summed E-state index contributed by atoms with van der Waals surface area (Å²) in [5.74, 6) is 0.0757. The quantitative estimate of drug-likeness (QED) is 0.437. The predicted octanol–water partition coefficient (Wildman–Crippen LogP) is 3.93. The Kier molecular flexibility index (Phi) is 6.64. The van der Waals surface area contributed by atoms with E-state index < -0.39 is 0 Å². The lowest BCUT2D eigenvalue weighted by molar-refractivity contribution is -0.130. The second-order valence-corrected chi connectivity index (χ2v) is 8.24. The molecule has 1 amide bonds. The van der Waals surface area contributed by atoms with Crippen molar-refractivity contribution in [3.05, 3.63) is 40.5 Å². The summed E-state index contributed by atoms with van der Waals surface area (Å²) in [7, 11) is 0. The van der Waals surface area contributed by atoms with Crippen LogP contribution in [0.4, 0.5) is 0 Å². The molecule has 0 aliphatic heterocycles. The number of thioether (sulfide) groups is 1. The van der Waals surface area contributed by atoms with Gasteiger partial charge in [-0.2, -0.15) is 5.10 Å². The number of halogens is 1. The Morgan fingerprint density at radius 3 is 2.69 bits per heavy atom. The zero-order valence-corrected chi connectivity index (χ0v) is 18.6. The molecule has 0 radical (unpaired) electrons. The molecule has 0 fully saturated rings. The van der Waals surface area contributed by atoms with Gasteiger partial charge in [-0.1, -0.05) is 36.4 Å². The van der Waals surface area contributed by atoms with E-state index in [9.17, 15) is 4.79 Å². The third-order valence-corrected chi connectivity index (χ3v) is 6.36. The first kappa shape index (κ1) is 21.4. The van der Waals surface area contributed by atoms with Gasteiger partial charge in [0.2, 0.25) is 5.91 Å². The molecule has 1 aromatic carbocycles. The Morgan fingerprint density at radius 2 is 2.07 bits per heavy atom. The minimum Gasteiger partial charge on any atom is -0.342 e. The van der Waals surface area contributed by atoms with Crippen LogP contribution in [0, 0.1) is 12.3 Å². The SMILES string of the molecule is CCC(Sc1nc2n[nH]c(C)c2c(=N)n1-c1cccc(Cl)c1)C(=O)N(CC)CC. The molecule has 2 heterocycles. The van der Waals surface area contributed by atoms with Crippen molar-refractivity contribution in [2.45, 2.75) is 44.5 Å². The van der Waals surface area contributed by atoms with Crippen LogP contribution < -0.4 is 5.49 Å². The van der Waals surface area contributed by atoms with E-state index in [0.29, 0.717) is 40.7 Å². The highest BCUT2D eigenvalue weighted by atomic mass is 35.5. The molecule has 0 bridgehead atoms. The van der Waals surface area contributed by atoms with E-state index in [0.717, 1.165) is 11.4 Å². The molecule has 29 heavy (non-hydrogen) atoms. The monoisotopic (exact) mass is 432 g/mol. The van der Waals surface area contributed by atoms with Crippen LogP contribution in [-0.4, -0.2) is 48.9 Å². The standard InChI is InChI=1S/C20H25ClN6OS/c1-5-15(19(28)26(6-2)7-3)29-20-23-18-16(12(4)24-25-18)17(22)27(20)14-10-8-9-13(21)11-14/h8-11,15,22H,5-7H2,1-4H3,(H,24,25). The van der Waals surface area contributed by atoms with Crippen LogP contribution in [0.3, 0.4) is 0 Å². The summed E-state index contributed by atoms with van der Waals surface area (Å²) in [5.41, 5.74) is 2.23. The van der Waals surface area contributed by atoms with Crippen LogP contribution in [0.15, 0.2) is 29.4 Å². The number of rotatable bonds is 7. The number of hydrogen-bond donors (Lipinski definition) is 2. The topological polar surface area (TPSA) is 90.7 Å². The lowest BCUT2D eigenvalue weighted by Crippen LogP contribution is -2.37. The maximum Gasteiger partial charge on any atom is 0.236 e. The van der Waals surface area contributed by atoms with E-state index in [1.807, 2.05) is 44.7 Å². The van der Waals surface area contributed by atoms with E-state index >= 15 is 0 Å². The molecule has 0 spiro atoms. The molecule has 3 aromatic rings. The first-order chi connectivity index (χ1) is 13.9. The first-order valence-corrected chi connectivity index (χ1v) is 10.9. The molecule has 0 saturated carbocycles. The number of H-pyrrole nitrogens is 1. The van der Waals surface area contributed by atoms with Gasteiger partial charge in [0.05, 0.1) is 16.3 Å². The highest BCUT2D eigenvalue weighted by Gasteiger charge is 2.25. The molecule has 154 valence electrons. The molecule has 0 aliphatic carbocycles. The van der Waals surface area contributed by atoms with E-state index in [1.165, 1.54) is 11.8 Å². The minimum atomic E-state index is -0.301. The second kappa shape index (κ2) is 9.00. The van der Waals surface area contributed by atoms with Gasteiger partial charge in [0.25, 0.3) is 0 Å². The van der Waals surface area contributed by atoms with Crippen molar-refractivity contribution in [1.29, 1.82) is 5.41 Å². The lowest BCUT2D eigenvalue weighted by atomic mass is 10.3. The van der Waals surface area contributed by atoms with Crippen molar-refractivity contribution in [1.82, 2.24) is 24.6 Å². The summed E-state index contributed by atoms with van der Waals surface area (Å²) in [6, 6.07) is 7.29. The maximum atomic E-state index is 13.0. The zero-order chi connectivity index (χ0) is 21.1. The lowest BCUT2D eigenvalue weighted by Gasteiger charge is -2.24. The number of aromatic nitrogens is 4. The molecule has 7 nitrogen and oxygen atoms in total. The highest BCUT2D eigenvalue weighted by molar-refractivity contribution is 8.00. The number of nitrogens with one attached hydrogen (secondary N) is 2. The number of carbonyl (C=O) groups is 1. The summed E-state index contributed by atoms with van der Waals surface area (Å²) < 4.78 is 1.74. The van der Waals surface area contributed by atoms with Crippen LogP contribution in [0.25, 0.3) is 16.7 Å². The smallest absolute Gasteiger partial charge is 0.236 e. The first-order valence-electron chi connectivity index (χ1n) is 9.64. The van der Waals surface area contributed by atoms with Crippen molar-refractivity contribution in [3.8, 4) is 5.69 Å². The average molecular weight is 433 g/mol. The Labute approximate surface area is 179 Å². The Bertz CT molecular complexity index is 1090. The number of aromatic amines is 1. The molecule has 0 aliphatic rings. The number of aryl methyl sites for hydroxylation is 1. The fourth-order valence-corrected chi connectivity index (χ4v) is 4.53. The van der Waals surface area contributed by atoms with Gasteiger partial charge >= 0.3 is 0 Å². The van der Waals surface area contributed by atoms with Crippen molar-refractivity contribution in [2.75, 3.05) is 13.1 Å². The summed E-state index contributed by atoms with van der Waals surface area (Å²) in [6.45, 7) is 9.13. The Balaban J connectivity index is 2.17.